The molecule has 124 valence electrons. The molecule has 5 nitrogen and oxygen atoms in total. The molecular formula is C18H13FN4OS. The van der Waals surface area contributed by atoms with Gasteiger partial charge in [-0.05, 0) is 42.2 Å². The third kappa shape index (κ3) is 2.76. The van der Waals surface area contributed by atoms with Crippen molar-refractivity contribution in [1.82, 2.24) is 19.6 Å². The number of para-hydroxylation sites is 1. The lowest BCUT2D eigenvalue weighted by Gasteiger charge is -2.10. The summed E-state index contributed by atoms with van der Waals surface area (Å²) in [6.45, 7) is 2.02. The normalized spacial score (nSPS) is 11.3. The summed E-state index contributed by atoms with van der Waals surface area (Å²) in [4.78, 5) is 21.4. The number of halogens is 1. The first-order valence-electron chi connectivity index (χ1n) is 7.76. The van der Waals surface area contributed by atoms with Gasteiger partial charge in [-0.15, -0.1) is 0 Å². The molecule has 0 amide bonds. The van der Waals surface area contributed by atoms with E-state index in [9.17, 15) is 9.18 Å². The van der Waals surface area contributed by atoms with Crippen LogP contribution in [0.3, 0.4) is 0 Å². The van der Waals surface area contributed by atoms with Crippen molar-refractivity contribution in [2.75, 3.05) is 5.75 Å². The molecule has 0 saturated heterocycles. The Kier molecular flexibility index (Phi) is 3.93. The largest absolute Gasteiger partial charge is 0.300 e. The Hall–Kier alpha value is -2.80. The minimum atomic E-state index is -0.449. The highest BCUT2D eigenvalue weighted by atomic mass is 32.2. The van der Waals surface area contributed by atoms with Gasteiger partial charge in [0.15, 0.2) is 16.5 Å². The fraction of sp³-hybridized carbons (Fsp3) is 0.111. The first-order chi connectivity index (χ1) is 12.2. The third-order valence-corrected chi connectivity index (χ3v) is 4.56. The molecule has 4 rings (SSSR count). The SMILES string of the molecule is CCSc1nc2ccccc2c2nc(=O)c(-c3ccc(F)cc3)nn12. The van der Waals surface area contributed by atoms with E-state index in [4.69, 9.17) is 0 Å². The Labute approximate surface area is 146 Å². The van der Waals surface area contributed by atoms with Gasteiger partial charge in [0, 0.05) is 10.9 Å². The van der Waals surface area contributed by atoms with Crippen LogP contribution in [0.1, 0.15) is 6.92 Å². The van der Waals surface area contributed by atoms with Gasteiger partial charge in [-0.1, -0.05) is 30.8 Å². The van der Waals surface area contributed by atoms with Crippen LogP contribution in [0.4, 0.5) is 4.39 Å². The summed E-state index contributed by atoms with van der Waals surface area (Å²) in [7, 11) is 0. The lowest BCUT2D eigenvalue weighted by atomic mass is 10.1. The van der Waals surface area contributed by atoms with Crippen molar-refractivity contribution in [2.24, 2.45) is 0 Å². The van der Waals surface area contributed by atoms with Gasteiger partial charge < -0.3 is 0 Å². The highest BCUT2D eigenvalue weighted by molar-refractivity contribution is 7.99. The van der Waals surface area contributed by atoms with E-state index in [1.165, 1.54) is 36.0 Å². The summed E-state index contributed by atoms with van der Waals surface area (Å²) in [5, 5.41) is 5.90. The van der Waals surface area contributed by atoms with Crippen LogP contribution in [0, 0.1) is 5.82 Å². The fourth-order valence-corrected chi connectivity index (χ4v) is 3.29. The zero-order valence-electron chi connectivity index (χ0n) is 13.3. The molecular weight excluding hydrogens is 339 g/mol. The van der Waals surface area contributed by atoms with Crippen LogP contribution in [0.25, 0.3) is 27.8 Å². The van der Waals surface area contributed by atoms with Gasteiger partial charge in [0.1, 0.15) is 5.82 Å². The molecule has 7 heteroatoms. The summed E-state index contributed by atoms with van der Waals surface area (Å²) in [6.07, 6.45) is 0. The molecule has 2 aromatic heterocycles. The maximum absolute atomic E-state index is 13.2. The molecule has 0 unspecified atom stereocenters. The van der Waals surface area contributed by atoms with Crippen molar-refractivity contribution >= 4 is 28.3 Å². The van der Waals surface area contributed by atoms with Gasteiger partial charge in [-0.25, -0.2) is 9.37 Å². The van der Waals surface area contributed by atoms with E-state index in [2.05, 4.69) is 15.1 Å². The van der Waals surface area contributed by atoms with Gasteiger partial charge in [0.05, 0.1) is 5.52 Å². The predicted molar refractivity (Wildman–Crippen MR) is 96.4 cm³/mol. The van der Waals surface area contributed by atoms with E-state index < -0.39 is 5.56 Å². The number of aromatic nitrogens is 4. The monoisotopic (exact) mass is 352 g/mol. The number of hydrogen-bond donors (Lipinski definition) is 0. The van der Waals surface area contributed by atoms with Crippen LogP contribution in [0.5, 0.6) is 0 Å². The summed E-state index contributed by atoms with van der Waals surface area (Å²) in [5.41, 5.74) is 1.48. The molecule has 2 aromatic carbocycles. The summed E-state index contributed by atoms with van der Waals surface area (Å²) < 4.78 is 14.8. The third-order valence-electron chi connectivity index (χ3n) is 3.74. The summed E-state index contributed by atoms with van der Waals surface area (Å²) in [6, 6.07) is 13.2. The number of rotatable bonds is 3. The van der Waals surface area contributed by atoms with E-state index >= 15 is 0 Å². The van der Waals surface area contributed by atoms with E-state index in [1.54, 1.807) is 4.52 Å². The molecule has 0 spiro atoms. The van der Waals surface area contributed by atoms with Gasteiger partial charge in [0.25, 0.3) is 5.56 Å². The Morgan fingerprint density at radius 1 is 1.08 bits per heavy atom. The second kappa shape index (κ2) is 6.25. The van der Waals surface area contributed by atoms with E-state index in [0.29, 0.717) is 16.4 Å². The molecule has 0 bridgehead atoms. The number of nitrogens with zero attached hydrogens (tertiary/aromatic N) is 4. The molecule has 0 saturated carbocycles. The lowest BCUT2D eigenvalue weighted by Crippen LogP contribution is -2.17. The Balaban J connectivity index is 2.07. The number of benzene rings is 2. The number of hydrogen-bond acceptors (Lipinski definition) is 5. The molecule has 0 aliphatic rings. The molecule has 4 aromatic rings. The Morgan fingerprint density at radius 3 is 2.60 bits per heavy atom. The smallest absolute Gasteiger partial charge is 0.265 e. The van der Waals surface area contributed by atoms with Crippen molar-refractivity contribution in [3.63, 3.8) is 0 Å². The summed E-state index contributed by atoms with van der Waals surface area (Å²) in [5.74, 6) is 0.438. The zero-order valence-corrected chi connectivity index (χ0v) is 14.1. The molecule has 0 atom stereocenters. The first kappa shape index (κ1) is 15.7. The maximum Gasteiger partial charge on any atom is 0.300 e. The highest BCUT2D eigenvalue weighted by Gasteiger charge is 2.14. The molecule has 25 heavy (non-hydrogen) atoms. The Bertz CT molecular complexity index is 1140. The predicted octanol–water partition coefficient (Wildman–Crippen LogP) is 3.56. The second-order valence-corrected chi connectivity index (χ2v) is 6.58. The maximum atomic E-state index is 13.2. The molecule has 2 heterocycles. The van der Waals surface area contributed by atoms with Crippen LogP contribution in [-0.4, -0.2) is 25.3 Å². The van der Waals surface area contributed by atoms with E-state index in [1.807, 2.05) is 31.2 Å². The minimum Gasteiger partial charge on any atom is -0.265 e. The molecule has 0 aliphatic carbocycles. The fourth-order valence-electron chi connectivity index (χ4n) is 2.62. The zero-order chi connectivity index (χ0) is 17.4. The summed E-state index contributed by atoms with van der Waals surface area (Å²) >= 11 is 1.52. The van der Waals surface area contributed by atoms with Gasteiger partial charge in [0.2, 0.25) is 0 Å². The average molecular weight is 352 g/mol. The van der Waals surface area contributed by atoms with Crippen LogP contribution in [0.15, 0.2) is 58.5 Å². The second-order valence-electron chi connectivity index (χ2n) is 5.35. The average Bonchev–Trinajstić information content (AvgIpc) is 2.62. The molecule has 0 radical (unpaired) electrons. The van der Waals surface area contributed by atoms with Crippen molar-refractivity contribution < 1.29 is 4.39 Å². The van der Waals surface area contributed by atoms with Crippen LogP contribution >= 0.6 is 11.8 Å². The molecule has 0 N–H and O–H groups in total. The van der Waals surface area contributed by atoms with Crippen molar-refractivity contribution in [3.8, 4) is 11.3 Å². The van der Waals surface area contributed by atoms with Crippen LogP contribution in [0.2, 0.25) is 0 Å². The van der Waals surface area contributed by atoms with Gasteiger partial charge in [-0.3, -0.25) is 4.79 Å². The quantitative estimate of drug-likeness (QED) is 0.321. The topological polar surface area (TPSA) is 60.2 Å². The van der Waals surface area contributed by atoms with Crippen molar-refractivity contribution in [1.29, 1.82) is 0 Å². The minimum absolute atomic E-state index is 0.174. The molecule has 0 aliphatic heterocycles. The standard InChI is InChI=1S/C18H13FN4OS/c1-2-25-18-20-14-6-4-3-5-13(14)16-21-17(24)15(22-23(16)18)11-7-9-12(19)10-8-11/h3-10H,2H2,1H3. The van der Waals surface area contributed by atoms with Gasteiger partial charge >= 0.3 is 0 Å². The number of fused-ring (bicyclic) bond motifs is 3. The van der Waals surface area contributed by atoms with Gasteiger partial charge in [-0.2, -0.15) is 14.6 Å². The highest BCUT2D eigenvalue weighted by Crippen LogP contribution is 2.23. The van der Waals surface area contributed by atoms with Crippen LogP contribution in [-0.2, 0) is 0 Å². The van der Waals surface area contributed by atoms with E-state index in [-0.39, 0.29) is 11.5 Å². The van der Waals surface area contributed by atoms with E-state index in [0.717, 1.165) is 16.7 Å². The van der Waals surface area contributed by atoms with Crippen LogP contribution < -0.4 is 5.56 Å². The van der Waals surface area contributed by atoms with Crippen molar-refractivity contribution in [2.45, 2.75) is 12.1 Å². The van der Waals surface area contributed by atoms with Crippen molar-refractivity contribution in [3.05, 3.63) is 64.7 Å². The first-order valence-corrected chi connectivity index (χ1v) is 8.74. The Morgan fingerprint density at radius 2 is 1.84 bits per heavy atom. The number of thioether (sulfide) groups is 1. The molecule has 0 fully saturated rings. The lowest BCUT2D eigenvalue weighted by molar-refractivity contribution is 0.628.